The van der Waals surface area contributed by atoms with Gasteiger partial charge in [-0.05, 0) is 49.9 Å². The molecule has 0 aromatic carbocycles. The minimum atomic E-state index is -3.87. The number of carbonyl (C=O) groups is 2. The number of aromatic nitrogens is 1. The number of furan rings is 1. The lowest BCUT2D eigenvalue weighted by molar-refractivity contribution is -0.126. The highest BCUT2D eigenvalue weighted by atomic mass is 32.2. The molecule has 9 nitrogen and oxygen atoms in total. The van der Waals surface area contributed by atoms with Gasteiger partial charge >= 0.3 is 5.97 Å². The summed E-state index contributed by atoms with van der Waals surface area (Å²) in [5.74, 6) is -1.17. The molecule has 0 unspecified atom stereocenters. The molecule has 1 fully saturated rings. The zero-order valence-corrected chi connectivity index (χ0v) is 17.6. The van der Waals surface area contributed by atoms with Crippen LogP contribution >= 0.6 is 0 Å². The first-order valence-corrected chi connectivity index (χ1v) is 11.3. The number of carbonyl (C=O) groups excluding carboxylic acids is 2. The third kappa shape index (κ3) is 5.25. The molecule has 1 amide bonds. The smallest absolute Gasteiger partial charge is 0.374 e. The van der Waals surface area contributed by atoms with E-state index in [1.165, 1.54) is 16.4 Å². The molecule has 162 valence electrons. The molecule has 2 aromatic rings. The molecule has 1 N–H and O–H groups in total. The van der Waals surface area contributed by atoms with E-state index in [9.17, 15) is 18.0 Å². The maximum atomic E-state index is 12.8. The number of amides is 1. The van der Waals surface area contributed by atoms with E-state index in [-0.39, 0.29) is 42.4 Å². The van der Waals surface area contributed by atoms with Crippen molar-refractivity contribution < 1.29 is 27.2 Å². The number of nitrogens with zero attached hydrogens (tertiary/aromatic N) is 2. The van der Waals surface area contributed by atoms with Crippen LogP contribution in [0.4, 0.5) is 0 Å². The van der Waals surface area contributed by atoms with Crippen LogP contribution in [-0.2, 0) is 26.0 Å². The second-order valence-electron chi connectivity index (χ2n) is 6.92. The van der Waals surface area contributed by atoms with Crippen molar-refractivity contribution in [2.75, 3.05) is 26.2 Å². The number of hydrogen-bond donors (Lipinski definition) is 1. The number of ether oxygens (including phenoxy) is 1. The van der Waals surface area contributed by atoms with Gasteiger partial charge in [-0.15, -0.1) is 0 Å². The molecular weight excluding hydrogens is 410 g/mol. The average Bonchev–Trinajstić information content (AvgIpc) is 3.26. The Bertz CT molecular complexity index is 965. The van der Waals surface area contributed by atoms with E-state index >= 15 is 0 Å². The summed E-state index contributed by atoms with van der Waals surface area (Å²) in [6.45, 7) is 2.74. The van der Waals surface area contributed by atoms with Crippen molar-refractivity contribution in [1.29, 1.82) is 0 Å². The Hall–Kier alpha value is -2.72. The van der Waals surface area contributed by atoms with Crippen molar-refractivity contribution in [2.24, 2.45) is 5.92 Å². The van der Waals surface area contributed by atoms with Crippen LogP contribution in [0.25, 0.3) is 0 Å². The number of nitrogens with one attached hydrogen (secondary N) is 1. The fourth-order valence-corrected chi connectivity index (χ4v) is 4.66. The van der Waals surface area contributed by atoms with E-state index < -0.39 is 16.0 Å². The number of esters is 1. The van der Waals surface area contributed by atoms with Gasteiger partial charge in [-0.25, -0.2) is 13.2 Å². The lowest BCUT2D eigenvalue weighted by Crippen LogP contribution is -2.43. The predicted octanol–water partition coefficient (Wildman–Crippen LogP) is 1.61. The molecule has 0 aliphatic carbocycles. The molecule has 0 spiro atoms. The number of piperidine rings is 1. The summed E-state index contributed by atoms with van der Waals surface area (Å²) in [5.41, 5.74) is 1.04. The largest absolute Gasteiger partial charge is 0.460 e. The van der Waals surface area contributed by atoms with Gasteiger partial charge in [0.15, 0.2) is 0 Å². The first-order valence-electron chi connectivity index (χ1n) is 9.85. The van der Waals surface area contributed by atoms with Gasteiger partial charge in [-0.2, -0.15) is 4.31 Å². The van der Waals surface area contributed by atoms with Crippen LogP contribution < -0.4 is 5.32 Å². The topological polar surface area (TPSA) is 119 Å². The zero-order chi connectivity index (χ0) is 21.6. The summed E-state index contributed by atoms with van der Waals surface area (Å²) >= 11 is 0. The fourth-order valence-electron chi connectivity index (χ4n) is 3.28. The molecule has 0 radical (unpaired) electrons. The number of pyridine rings is 1. The highest BCUT2D eigenvalue weighted by molar-refractivity contribution is 7.89. The second-order valence-corrected chi connectivity index (χ2v) is 8.79. The standard InChI is InChI=1S/C20H25N3O6S/c1-2-28-20(25)17-5-6-18(29-17)30(26,27)23-12-8-16(9-13-23)19(24)22-11-7-15-4-3-10-21-14-15/h3-6,10,14,16H,2,7-9,11-13H2,1H3,(H,22,24). The maximum Gasteiger partial charge on any atom is 0.374 e. The Morgan fingerprint density at radius 3 is 2.70 bits per heavy atom. The van der Waals surface area contributed by atoms with Crippen LogP contribution in [0.1, 0.15) is 35.9 Å². The highest BCUT2D eigenvalue weighted by Gasteiger charge is 2.34. The Morgan fingerprint density at radius 2 is 2.03 bits per heavy atom. The highest BCUT2D eigenvalue weighted by Crippen LogP contribution is 2.25. The first kappa shape index (κ1) is 22.0. The van der Waals surface area contributed by atoms with Crippen molar-refractivity contribution in [3.8, 4) is 0 Å². The van der Waals surface area contributed by atoms with Crippen LogP contribution in [0.3, 0.4) is 0 Å². The summed E-state index contributed by atoms with van der Waals surface area (Å²) in [6, 6.07) is 6.33. The minimum absolute atomic E-state index is 0.0708. The van der Waals surface area contributed by atoms with Crippen molar-refractivity contribution in [2.45, 2.75) is 31.3 Å². The lowest BCUT2D eigenvalue weighted by Gasteiger charge is -2.29. The Morgan fingerprint density at radius 1 is 1.27 bits per heavy atom. The number of sulfonamides is 1. The van der Waals surface area contributed by atoms with Crippen molar-refractivity contribution >= 4 is 21.9 Å². The van der Waals surface area contributed by atoms with Crippen LogP contribution in [-0.4, -0.2) is 55.8 Å². The Balaban J connectivity index is 1.50. The summed E-state index contributed by atoms with van der Waals surface area (Å²) < 4.78 is 36.8. The van der Waals surface area contributed by atoms with Gasteiger partial charge < -0.3 is 14.5 Å². The van der Waals surface area contributed by atoms with Gasteiger partial charge in [0.1, 0.15) is 0 Å². The van der Waals surface area contributed by atoms with E-state index in [1.54, 1.807) is 19.3 Å². The summed E-state index contributed by atoms with van der Waals surface area (Å²) in [4.78, 5) is 28.1. The maximum absolute atomic E-state index is 12.8. The zero-order valence-electron chi connectivity index (χ0n) is 16.7. The molecular formula is C20H25N3O6S. The molecule has 1 aliphatic rings. The molecule has 10 heteroatoms. The Labute approximate surface area is 175 Å². The van der Waals surface area contributed by atoms with Gasteiger partial charge in [0.2, 0.25) is 16.8 Å². The van der Waals surface area contributed by atoms with Crippen molar-refractivity contribution in [3.05, 3.63) is 48.0 Å². The SMILES string of the molecule is CCOC(=O)c1ccc(S(=O)(=O)N2CCC(C(=O)NCCc3cccnc3)CC2)o1. The first-order chi connectivity index (χ1) is 14.4. The van der Waals surface area contributed by atoms with E-state index in [2.05, 4.69) is 10.3 Å². The summed E-state index contributed by atoms with van der Waals surface area (Å²) in [7, 11) is -3.87. The summed E-state index contributed by atoms with van der Waals surface area (Å²) in [5, 5.41) is 2.61. The van der Waals surface area contributed by atoms with E-state index in [0.717, 1.165) is 5.56 Å². The normalized spacial score (nSPS) is 15.6. The molecule has 2 aromatic heterocycles. The molecule has 3 heterocycles. The van der Waals surface area contributed by atoms with Crippen LogP contribution in [0.15, 0.2) is 46.2 Å². The van der Waals surface area contributed by atoms with Gasteiger partial charge in [0.05, 0.1) is 6.61 Å². The molecule has 0 saturated carbocycles. The lowest BCUT2D eigenvalue weighted by atomic mass is 9.97. The molecule has 30 heavy (non-hydrogen) atoms. The van der Waals surface area contributed by atoms with E-state index in [4.69, 9.17) is 9.15 Å². The van der Waals surface area contributed by atoms with Gasteiger partial charge in [-0.1, -0.05) is 6.07 Å². The van der Waals surface area contributed by atoms with Crippen molar-refractivity contribution in [1.82, 2.24) is 14.6 Å². The Kier molecular flexibility index (Phi) is 7.22. The van der Waals surface area contributed by atoms with E-state index in [1.807, 2.05) is 12.1 Å². The predicted molar refractivity (Wildman–Crippen MR) is 107 cm³/mol. The molecule has 3 rings (SSSR count). The van der Waals surface area contributed by atoms with Gasteiger partial charge in [0, 0.05) is 37.9 Å². The van der Waals surface area contributed by atoms with Crippen LogP contribution in [0, 0.1) is 5.92 Å². The number of hydrogen-bond acceptors (Lipinski definition) is 7. The van der Waals surface area contributed by atoms with E-state index in [0.29, 0.717) is 25.8 Å². The monoisotopic (exact) mass is 435 g/mol. The average molecular weight is 436 g/mol. The van der Waals surface area contributed by atoms with Gasteiger partial charge in [0.25, 0.3) is 10.0 Å². The third-order valence-electron chi connectivity index (χ3n) is 4.91. The quantitative estimate of drug-likeness (QED) is 0.626. The molecule has 0 bridgehead atoms. The van der Waals surface area contributed by atoms with Crippen LogP contribution in [0.2, 0.25) is 0 Å². The fraction of sp³-hybridized carbons (Fsp3) is 0.450. The van der Waals surface area contributed by atoms with Crippen LogP contribution in [0.5, 0.6) is 0 Å². The molecule has 0 atom stereocenters. The molecule has 1 saturated heterocycles. The third-order valence-corrected chi connectivity index (χ3v) is 6.69. The second kappa shape index (κ2) is 9.86. The minimum Gasteiger partial charge on any atom is -0.460 e. The summed E-state index contributed by atoms with van der Waals surface area (Å²) in [6.07, 6.45) is 4.99. The van der Waals surface area contributed by atoms with Crippen molar-refractivity contribution in [3.63, 3.8) is 0 Å². The van der Waals surface area contributed by atoms with Gasteiger partial charge in [-0.3, -0.25) is 9.78 Å². The molecule has 1 aliphatic heterocycles. The number of rotatable bonds is 8.